The fourth-order valence-corrected chi connectivity index (χ4v) is 3.75. The summed E-state index contributed by atoms with van der Waals surface area (Å²) in [6.45, 7) is 4.98. The predicted octanol–water partition coefficient (Wildman–Crippen LogP) is 2.32. The number of amides is 1. The smallest absolute Gasteiger partial charge is 0.233 e. The van der Waals surface area contributed by atoms with Crippen molar-refractivity contribution in [3.63, 3.8) is 0 Å². The Bertz CT molecular complexity index is 465. The second kappa shape index (κ2) is 5.57. The maximum absolute atomic E-state index is 13.2. The Hall–Kier alpha value is -1.35. The topological polar surface area (TPSA) is 32.3 Å². The average Bonchev–Trinajstić information content (AvgIpc) is 2.94. The van der Waals surface area contributed by atoms with Gasteiger partial charge in [0.05, 0.1) is 5.41 Å². The molecule has 1 unspecified atom stereocenters. The number of benzene rings is 1. The van der Waals surface area contributed by atoms with Gasteiger partial charge in [-0.25, -0.2) is 0 Å². The van der Waals surface area contributed by atoms with Crippen LogP contribution in [0.15, 0.2) is 30.3 Å². The quantitative estimate of drug-likeness (QED) is 0.896. The predicted molar refractivity (Wildman–Crippen MR) is 80.6 cm³/mol. The molecule has 0 aromatic heterocycles. The summed E-state index contributed by atoms with van der Waals surface area (Å²) < 4.78 is 0. The summed E-state index contributed by atoms with van der Waals surface area (Å²) in [7, 11) is 0. The Kier molecular flexibility index (Phi) is 3.79. The van der Waals surface area contributed by atoms with Crippen LogP contribution in [-0.2, 0) is 10.2 Å². The van der Waals surface area contributed by atoms with Crippen molar-refractivity contribution < 1.29 is 4.79 Å². The lowest BCUT2D eigenvalue weighted by molar-refractivity contribution is -0.139. The summed E-state index contributed by atoms with van der Waals surface area (Å²) in [6, 6.07) is 10.8. The number of carbonyl (C=O) groups excluding carboxylic acids is 1. The molecule has 2 saturated heterocycles. The van der Waals surface area contributed by atoms with Crippen LogP contribution in [0.2, 0.25) is 0 Å². The molecule has 1 amide bonds. The molecule has 2 aliphatic rings. The molecule has 1 N–H and O–H groups in total. The Labute approximate surface area is 121 Å². The van der Waals surface area contributed by atoms with E-state index in [1.54, 1.807) is 0 Å². The third kappa shape index (κ3) is 2.24. The molecule has 3 heteroatoms. The maximum Gasteiger partial charge on any atom is 0.233 e. The van der Waals surface area contributed by atoms with Crippen molar-refractivity contribution in [2.75, 3.05) is 19.6 Å². The number of hydrogen-bond acceptors (Lipinski definition) is 2. The van der Waals surface area contributed by atoms with Gasteiger partial charge in [0.2, 0.25) is 5.91 Å². The van der Waals surface area contributed by atoms with Gasteiger partial charge in [0.1, 0.15) is 0 Å². The van der Waals surface area contributed by atoms with E-state index in [-0.39, 0.29) is 5.41 Å². The van der Waals surface area contributed by atoms with Gasteiger partial charge in [-0.3, -0.25) is 4.79 Å². The molecule has 3 nitrogen and oxygen atoms in total. The first-order valence-electron chi connectivity index (χ1n) is 7.81. The van der Waals surface area contributed by atoms with Crippen LogP contribution in [0.3, 0.4) is 0 Å². The monoisotopic (exact) mass is 272 g/mol. The molecule has 3 rings (SSSR count). The molecule has 1 aromatic carbocycles. The molecule has 2 heterocycles. The van der Waals surface area contributed by atoms with Crippen LogP contribution in [0.25, 0.3) is 0 Å². The minimum atomic E-state index is -0.300. The van der Waals surface area contributed by atoms with E-state index in [1.807, 2.05) is 6.07 Å². The highest BCUT2D eigenvalue weighted by atomic mass is 16.2. The van der Waals surface area contributed by atoms with Crippen LogP contribution >= 0.6 is 0 Å². The zero-order valence-corrected chi connectivity index (χ0v) is 12.3. The van der Waals surface area contributed by atoms with Gasteiger partial charge in [-0.1, -0.05) is 30.3 Å². The molecular formula is C17H24N2O. The standard InChI is InChI=1S/C17H24N2O/c1-14-6-5-13-19(14)16(20)17(9-11-18-12-10-17)15-7-3-2-4-8-15/h2-4,7-8,14,18H,5-6,9-13H2,1H3. The molecule has 0 spiro atoms. The molecule has 2 fully saturated rings. The van der Waals surface area contributed by atoms with Gasteiger partial charge in [0.15, 0.2) is 0 Å². The van der Waals surface area contributed by atoms with E-state index in [4.69, 9.17) is 0 Å². The minimum absolute atomic E-state index is 0.300. The third-order valence-corrected chi connectivity index (χ3v) is 5.01. The lowest BCUT2D eigenvalue weighted by Gasteiger charge is -2.40. The van der Waals surface area contributed by atoms with Crippen LogP contribution in [0, 0.1) is 0 Å². The van der Waals surface area contributed by atoms with E-state index in [9.17, 15) is 4.79 Å². The maximum atomic E-state index is 13.2. The van der Waals surface area contributed by atoms with Gasteiger partial charge in [0, 0.05) is 12.6 Å². The number of likely N-dealkylation sites (tertiary alicyclic amines) is 1. The van der Waals surface area contributed by atoms with Crippen molar-refractivity contribution in [1.29, 1.82) is 0 Å². The van der Waals surface area contributed by atoms with Gasteiger partial charge in [-0.05, 0) is 51.3 Å². The van der Waals surface area contributed by atoms with Crippen LogP contribution in [0.4, 0.5) is 0 Å². The number of carbonyl (C=O) groups is 1. The van der Waals surface area contributed by atoms with E-state index in [1.165, 1.54) is 5.56 Å². The Morgan fingerprint density at radius 3 is 2.55 bits per heavy atom. The normalized spacial score (nSPS) is 25.6. The lowest BCUT2D eigenvalue weighted by atomic mass is 9.72. The van der Waals surface area contributed by atoms with Crippen molar-refractivity contribution in [2.24, 2.45) is 0 Å². The van der Waals surface area contributed by atoms with Gasteiger partial charge in [0.25, 0.3) is 0 Å². The zero-order valence-electron chi connectivity index (χ0n) is 12.3. The highest BCUT2D eigenvalue weighted by molar-refractivity contribution is 5.89. The highest BCUT2D eigenvalue weighted by Crippen LogP contribution is 2.37. The van der Waals surface area contributed by atoms with Gasteiger partial charge >= 0.3 is 0 Å². The van der Waals surface area contributed by atoms with Gasteiger partial charge in [-0.2, -0.15) is 0 Å². The number of rotatable bonds is 2. The molecule has 1 aromatic rings. The molecule has 0 saturated carbocycles. The molecule has 1 atom stereocenters. The summed E-state index contributed by atoms with van der Waals surface area (Å²) >= 11 is 0. The number of nitrogens with one attached hydrogen (secondary N) is 1. The zero-order chi connectivity index (χ0) is 14.0. The highest BCUT2D eigenvalue weighted by Gasteiger charge is 2.45. The first-order chi connectivity index (χ1) is 9.74. The molecule has 0 bridgehead atoms. The molecule has 0 radical (unpaired) electrons. The first-order valence-corrected chi connectivity index (χ1v) is 7.81. The van der Waals surface area contributed by atoms with Crippen molar-refractivity contribution in [3.05, 3.63) is 35.9 Å². The van der Waals surface area contributed by atoms with E-state index < -0.39 is 0 Å². The molecular weight excluding hydrogens is 248 g/mol. The van der Waals surface area contributed by atoms with Crippen molar-refractivity contribution in [2.45, 2.75) is 44.1 Å². The lowest BCUT2D eigenvalue weighted by Crippen LogP contribution is -2.52. The fourth-order valence-electron chi connectivity index (χ4n) is 3.75. The first kappa shape index (κ1) is 13.6. The molecule has 20 heavy (non-hydrogen) atoms. The van der Waals surface area contributed by atoms with Crippen LogP contribution < -0.4 is 5.32 Å². The molecule has 108 valence electrons. The van der Waals surface area contributed by atoms with Crippen molar-refractivity contribution >= 4 is 5.91 Å². The fraction of sp³-hybridized carbons (Fsp3) is 0.588. The largest absolute Gasteiger partial charge is 0.339 e. The summed E-state index contributed by atoms with van der Waals surface area (Å²) in [5, 5.41) is 3.40. The average molecular weight is 272 g/mol. The van der Waals surface area contributed by atoms with Crippen LogP contribution in [0.5, 0.6) is 0 Å². The Morgan fingerprint density at radius 1 is 1.25 bits per heavy atom. The van der Waals surface area contributed by atoms with Crippen molar-refractivity contribution in [3.8, 4) is 0 Å². The molecule has 2 aliphatic heterocycles. The van der Waals surface area contributed by atoms with Gasteiger partial charge in [-0.15, -0.1) is 0 Å². The van der Waals surface area contributed by atoms with E-state index in [0.717, 1.165) is 45.3 Å². The number of piperidine rings is 1. The Balaban J connectivity index is 1.95. The van der Waals surface area contributed by atoms with E-state index in [0.29, 0.717) is 11.9 Å². The van der Waals surface area contributed by atoms with E-state index >= 15 is 0 Å². The number of hydrogen-bond donors (Lipinski definition) is 1. The Morgan fingerprint density at radius 2 is 1.95 bits per heavy atom. The summed E-state index contributed by atoms with van der Waals surface area (Å²) in [5.74, 6) is 0.357. The second-order valence-corrected chi connectivity index (χ2v) is 6.19. The van der Waals surface area contributed by atoms with Crippen LogP contribution in [0.1, 0.15) is 38.2 Å². The second-order valence-electron chi connectivity index (χ2n) is 6.19. The summed E-state index contributed by atoms with van der Waals surface area (Å²) in [5.41, 5.74) is 0.899. The SMILES string of the molecule is CC1CCCN1C(=O)C1(c2ccccc2)CCNCC1. The van der Waals surface area contributed by atoms with E-state index in [2.05, 4.69) is 41.4 Å². The van der Waals surface area contributed by atoms with Gasteiger partial charge < -0.3 is 10.2 Å². The summed E-state index contributed by atoms with van der Waals surface area (Å²) in [4.78, 5) is 15.4. The summed E-state index contributed by atoms with van der Waals surface area (Å²) in [6.07, 6.45) is 4.13. The molecule has 0 aliphatic carbocycles. The van der Waals surface area contributed by atoms with Crippen molar-refractivity contribution in [1.82, 2.24) is 10.2 Å². The van der Waals surface area contributed by atoms with Crippen LogP contribution in [-0.4, -0.2) is 36.5 Å². The number of nitrogens with zero attached hydrogens (tertiary/aromatic N) is 1. The minimum Gasteiger partial charge on any atom is -0.339 e. The third-order valence-electron chi connectivity index (χ3n) is 5.01.